The van der Waals surface area contributed by atoms with Crippen LogP contribution >= 0.6 is 11.3 Å². The van der Waals surface area contributed by atoms with Crippen LogP contribution in [0, 0.1) is 24.1 Å². The Kier molecular flexibility index (Phi) is 6.14. The van der Waals surface area contributed by atoms with Gasteiger partial charge < -0.3 is 9.64 Å². The Morgan fingerprint density at radius 1 is 1.28 bits per heavy atom. The van der Waals surface area contributed by atoms with Gasteiger partial charge in [0.1, 0.15) is 17.3 Å². The van der Waals surface area contributed by atoms with Crippen molar-refractivity contribution in [2.24, 2.45) is 0 Å². The van der Waals surface area contributed by atoms with Gasteiger partial charge in [-0.05, 0) is 37.3 Å². The molecule has 1 heterocycles. The monoisotopic (exact) mass is 417 g/mol. The van der Waals surface area contributed by atoms with Gasteiger partial charge in [-0.25, -0.2) is 9.37 Å². The predicted molar refractivity (Wildman–Crippen MR) is 102 cm³/mol. The Labute approximate surface area is 168 Å². The van der Waals surface area contributed by atoms with Crippen molar-refractivity contribution in [2.75, 3.05) is 4.90 Å². The van der Waals surface area contributed by atoms with Crippen LogP contribution in [-0.4, -0.2) is 17.9 Å². The summed E-state index contributed by atoms with van der Waals surface area (Å²) in [5.41, 5.74) is 1.63. The molecular weight excluding hydrogens is 403 g/mol. The minimum atomic E-state index is -3.11. The van der Waals surface area contributed by atoms with E-state index < -0.39 is 12.4 Å². The van der Waals surface area contributed by atoms with E-state index in [2.05, 4.69) is 9.72 Å². The Morgan fingerprint density at radius 2 is 2.00 bits per heavy atom. The van der Waals surface area contributed by atoms with Gasteiger partial charge in [-0.1, -0.05) is 6.07 Å². The zero-order valence-corrected chi connectivity index (χ0v) is 15.9. The molecule has 0 saturated heterocycles. The standard InChI is InChI=1S/C20H14F3N3O2S/c1-12-17(11-27)25-20(29-12)26(16-6-2-13(9-24)3-7-16)10-14-4-5-15(21)8-18(14)28-19(22)23/h2-8,11,19H,10H2,1H3. The number of benzene rings is 2. The van der Waals surface area contributed by atoms with Crippen molar-refractivity contribution in [1.29, 1.82) is 5.26 Å². The summed E-state index contributed by atoms with van der Waals surface area (Å²) in [4.78, 5) is 17.9. The molecular formula is C20H14F3N3O2S. The van der Waals surface area contributed by atoms with Crippen molar-refractivity contribution in [3.05, 3.63) is 70.0 Å². The van der Waals surface area contributed by atoms with Crippen molar-refractivity contribution in [2.45, 2.75) is 20.1 Å². The number of ether oxygens (including phenoxy) is 1. The highest BCUT2D eigenvalue weighted by atomic mass is 32.1. The number of hydrogen-bond acceptors (Lipinski definition) is 6. The lowest BCUT2D eigenvalue weighted by molar-refractivity contribution is -0.0505. The first-order chi connectivity index (χ1) is 13.9. The van der Waals surface area contributed by atoms with Gasteiger partial charge in [0.25, 0.3) is 0 Å². The molecule has 0 aliphatic rings. The minimum absolute atomic E-state index is 0.0273. The molecule has 148 valence electrons. The summed E-state index contributed by atoms with van der Waals surface area (Å²) in [6.45, 7) is -1.34. The number of anilines is 2. The normalized spacial score (nSPS) is 10.6. The molecule has 0 unspecified atom stereocenters. The first kappa shape index (κ1) is 20.4. The molecule has 29 heavy (non-hydrogen) atoms. The fraction of sp³-hybridized carbons (Fsp3) is 0.150. The summed E-state index contributed by atoms with van der Waals surface area (Å²) >= 11 is 1.25. The summed E-state index contributed by atoms with van der Waals surface area (Å²) in [6.07, 6.45) is 0.634. The van der Waals surface area contributed by atoms with Crippen LogP contribution < -0.4 is 9.64 Å². The van der Waals surface area contributed by atoms with E-state index in [0.29, 0.717) is 33.1 Å². The van der Waals surface area contributed by atoms with Crippen LogP contribution in [0.1, 0.15) is 26.5 Å². The summed E-state index contributed by atoms with van der Waals surface area (Å²) in [5, 5.41) is 9.45. The van der Waals surface area contributed by atoms with Crippen LogP contribution in [-0.2, 0) is 6.54 Å². The van der Waals surface area contributed by atoms with Gasteiger partial charge >= 0.3 is 6.61 Å². The molecule has 0 aliphatic carbocycles. The fourth-order valence-electron chi connectivity index (χ4n) is 2.64. The fourth-order valence-corrected chi connectivity index (χ4v) is 3.54. The quantitative estimate of drug-likeness (QED) is 0.494. The molecule has 0 atom stereocenters. The topological polar surface area (TPSA) is 66.2 Å². The molecule has 0 fully saturated rings. The Hall–Kier alpha value is -3.38. The molecule has 0 aliphatic heterocycles. The van der Waals surface area contributed by atoms with E-state index >= 15 is 0 Å². The van der Waals surface area contributed by atoms with Crippen LogP contribution in [0.4, 0.5) is 24.0 Å². The minimum Gasteiger partial charge on any atom is -0.434 e. The number of carbonyl (C=O) groups excluding carboxylic acids is 1. The van der Waals surface area contributed by atoms with Gasteiger partial charge in [0, 0.05) is 22.2 Å². The van der Waals surface area contributed by atoms with Crippen molar-refractivity contribution in [3.8, 4) is 11.8 Å². The van der Waals surface area contributed by atoms with E-state index in [9.17, 15) is 18.0 Å². The molecule has 9 heteroatoms. The highest BCUT2D eigenvalue weighted by Gasteiger charge is 2.20. The Bertz CT molecular complexity index is 1060. The highest BCUT2D eigenvalue weighted by molar-refractivity contribution is 7.15. The SMILES string of the molecule is Cc1sc(N(Cc2ccc(F)cc2OC(F)F)c2ccc(C#N)cc2)nc1C=O. The zero-order chi connectivity index (χ0) is 21.0. The first-order valence-electron chi connectivity index (χ1n) is 8.35. The molecule has 1 aromatic heterocycles. The number of aldehydes is 1. The molecule has 0 spiro atoms. The maximum absolute atomic E-state index is 13.5. The van der Waals surface area contributed by atoms with Gasteiger partial charge in [-0.2, -0.15) is 14.0 Å². The molecule has 0 saturated carbocycles. The van der Waals surface area contributed by atoms with Crippen LogP contribution in [0.25, 0.3) is 0 Å². The first-order valence-corrected chi connectivity index (χ1v) is 9.16. The van der Waals surface area contributed by atoms with Crippen LogP contribution in [0.2, 0.25) is 0 Å². The van der Waals surface area contributed by atoms with Gasteiger partial charge in [0.05, 0.1) is 18.2 Å². The van der Waals surface area contributed by atoms with Crippen molar-refractivity contribution in [1.82, 2.24) is 4.98 Å². The number of alkyl halides is 2. The average Bonchev–Trinajstić information content (AvgIpc) is 3.07. The van der Waals surface area contributed by atoms with Crippen molar-refractivity contribution < 1.29 is 22.7 Å². The van der Waals surface area contributed by atoms with Crippen molar-refractivity contribution >= 4 is 28.4 Å². The molecule has 0 N–H and O–H groups in total. The van der Waals surface area contributed by atoms with E-state index in [1.54, 1.807) is 36.1 Å². The number of aromatic nitrogens is 1. The van der Waals surface area contributed by atoms with Crippen LogP contribution in [0.5, 0.6) is 5.75 Å². The summed E-state index contributed by atoms with van der Waals surface area (Å²) in [7, 11) is 0. The number of halogens is 3. The summed E-state index contributed by atoms with van der Waals surface area (Å²) in [5.74, 6) is -0.995. The number of carbonyl (C=O) groups is 1. The van der Waals surface area contributed by atoms with E-state index in [1.807, 2.05) is 6.07 Å². The van der Waals surface area contributed by atoms with Gasteiger partial charge in [0.15, 0.2) is 11.4 Å². The molecule has 0 radical (unpaired) electrons. The second-order valence-electron chi connectivity index (χ2n) is 5.93. The second kappa shape index (κ2) is 8.75. The summed E-state index contributed by atoms with van der Waals surface area (Å²) in [6, 6.07) is 12.0. The zero-order valence-electron chi connectivity index (χ0n) is 15.1. The molecule has 0 bridgehead atoms. The van der Waals surface area contributed by atoms with Gasteiger partial charge in [-0.3, -0.25) is 4.79 Å². The summed E-state index contributed by atoms with van der Waals surface area (Å²) < 4.78 is 43.5. The number of aryl methyl sites for hydroxylation is 1. The number of nitriles is 1. The second-order valence-corrected chi connectivity index (χ2v) is 7.11. The van der Waals surface area contributed by atoms with Gasteiger partial charge in [-0.15, -0.1) is 11.3 Å². The maximum Gasteiger partial charge on any atom is 0.387 e. The third-order valence-corrected chi connectivity index (χ3v) is 5.06. The predicted octanol–water partition coefficient (Wildman–Crippen LogP) is 5.21. The lowest BCUT2D eigenvalue weighted by Gasteiger charge is -2.23. The smallest absolute Gasteiger partial charge is 0.387 e. The van der Waals surface area contributed by atoms with Crippen LogP contribution in [0.15, 0.2) is 42.5 Å². The number of thiazole rings is 1. The lowest BCUT2D eigenvalue weighted by atomic mass is 10.1. The number of nitrogens with zero attached hydrogens (tertiary/aromatic N) is 3. The molecule has 2 aromatic carbocycles. The third kappa shape index (κ3) is 4.73. The largest absolute Gasteiger partial charge is 0.434 e. The van der Waals surface area contributed by atoms with Crippen LogP contribution in [0.3, 0.4) is 0 Å². The van der Waals surface area contributed by atoms with Gasteiger partial charge in [0.2, 0.25) is 0 Å². The van der Waals surface area contributed by atoms with E-state index in [0.717, 1.165) is 12.1 Å². The Morgan fingerprint density at radius 3 is 2.59 bits per heavy atom. The molecule has 5 nitrogen and oxygen atoms in total. The Balaban J connectivity index is 2.06. The molecule has 0 amide bonds. The van der Waals surface area contributed by atoms with E-state index in [1.165, 1.54) is 17.4 Å². The van der Waals surface area contributed by atoms with E-state index in [4.69, 9.17) is 5.26 Å². The third-order valence-electron chi connectivity index (χ3n) is 4.05. The highest BCUT2D eigenvalue weighted by Crippen LogP contribution is 2.34. The van der Waals surface area contributed by atoms with Crippen molar-refractivity contribution in [3.63, 3.8) is 0 Å². The van der Waals surface area contributed by atoms with E-state index in [-0.39, 0.29) is 18.0 Å². The number of rotatable bonds is 7. The molecule has 3 aromatic rings. The maximum atomic E-state index is 13.5. The number of hydrogen-bond donors (Lipinski definition) is 0. The lowest BCUT2D eigenvalue weighted by Crippen LogP contribution is -2.18. The average molecular weight is 417 g/mol. The molecule has 3 rings (SSSR count).